The Kier molecular flexibility index (Phi) is 8.08. The highest BCUT2D eigenvalue weighted by Crippen LogP contribution is 2.20. The Morgan fingerprint density at radius 2 is 1.44 bits per heavy atom. The molecule has 7 nitrogen and oxygen atoms in total. The molecule has 0 atom stereocenters. The van der Waals surface area contributed by atoms with Gasteiger partial charge in [-0.1, -0.05) is 0 Å². The fourth-order valence-electron chi connectivity index (χ4n) is 0.563. The van der Waals surface area contributed by atoms with Gasteiger partial charge in [0, 0.05) is 21.3 Å². The molecule has 18 heavy (non-hydrogen) atoms. The molecule has 108 valence electrons. The van der Waals surface area contributed by atoms with E-state index in [1.54, 1.807) is 0 Å². The maximum absolute atomic E-state index is 10.7. The molecule has 0 aliphatic heterocycles. The van der Waals surface area contributed by atoms with Gasteiger partial charge in [0.1, 0.15) is 6.42 Å². The third-order valence-corrected chi connectivity index (χ3v) is 2.11. The first-order valence-electron chi connectivity index (χ1n) is 4.05. The highest BCUT2D eigenvalue weighted by Gasteiger charge is 2.44. The van der Waals surface area contributed by atoms with Crippen LogP contribution >= 0.6 is 0 Å². The molecule has 1 N–H and O–H groups in total. The van der Waals surface area contributed by atoms with Gasteiger partial charge in [0.25, 0.3) is 5.97 Å². The van der Waals surface area contributed by atoms with Crippen molar-refractivity contribution in [2.75, 3.05) is 21.3 Å². The van der Waals surface area contributed by atoms with Gasteiger partial charge in [-0.15, -0.1) is 0 Å². The Morgan fingerprint density at radius 1 is 1.17 bits per heavy atom. The van der Waals surface area contributed by atoms with Gasteiger partial charge >= 0.3 is 15.6 Å². The van der Waals surface area contributed by atoms with Gasteiger partial charge in [0.2, 0.25) is 0 Å². The standard InChI is InChI=1S/C6H11NO3.CHF3O3S/c1-8-6(9-2,10-3)4-5-7;2-1(3,4)8(5,6)7/h4H2,1-3H3;(H,5,6,7). The van der Waals surface area contributed by atoms with E-state index >= 15 is 0 Å². The lowest BCUT2D eigenvalue weighted by molar-refractivity contribution is -0.348. The number of halogens is 3. The van der Waals surface area contributed by atoms with Crippen molar-refractivity contribution in [3.05, 3.63) is 0 Å². The molecule has 11 heteroatoms. The second-order valence-electron chi connectivity index (χ2n) is 2.55. The van der Waals surface area contributed by atoms with Crippen LogP contribution < -0.4 is 0 Å². The van der Waals surface area contributed by atoms with Crippen molar-refractivity contribution in [2.45, 2.75) is 17.9 Å². The van der Waals surface area contributed by atoms with Gasteiger partial charge in [-0.2, -0.15) is 26.9 Å². The summed E-state index contributed by atoms with van der Waals surface area (Å²) in [6.07, 6.45) is 0.0521. The SMILES string of the molecule is COC(CC#N)(OC)OC.O=S(=O)(O)C(F)(F)F. The first kappa shape index (κ1) is 19.4. The van der Waals surface area contributed by atoms with Crippen molar-refractivity contribution in [1.82, 2.24) is 0 Å². The lowest BCUT2D eigenvalue weighted by Gasteiger charge is -2.25. The maximum Gasteiger partial charge on any atom is 0.522 e. The monoisotopic (exact) mass is 295 g/mol. The Hall–Kier alpha value is -0.930. The summed E-state index contributed by atoms with van der Waals surface area (Å²) >= 11 is 0. The zero-order valence-corrected chi connectivity index (χ0v) is 10.5. The fraction of sp³-hybridized carbons (Fsp3) is 0.857. The van der Waals surface area contributed by atoms with Gasteiger partial charge in [-0.25, -0.2) is 0 Å². The van der Waals surface area contributed by atoms with Crippen LogP contribution in [-0.2, 0) is 24.3 Å². The summed E-state index contributed by atoms with van der Waals surface area (Å²) in [5.41, 5.74) is -5.53. The van der Waals surface area contributed by atoms with E-state index in [-0.39, 0.29) is 6.42 Å². The first-order chi connectivity index (χ1) is 7.99. The van der Waals surface area contributed by atoms with Crippen LogP contribution in [0.5, 0.6) is 0 Å². The van der Waals surface area contributed by atoms with Crippen molar-refractivity contribution >= 4 is 10.1 Å². The van der Waals surface area contributed by atoms with Gasteiger partial charge < -0.3 is 14.2 Å². The average Bonchev–Trinajstić information content (AvgIpc) is 2.24. The molecule has 0 heterocycles. The van der Waals surface area contributed by atoms with Crippen LogP contribution in [0.2, 0.25) is 0 Å². The summed E-state index contributed by atoms with van der Waals surface area (Å²) in [5.74, 6) is -1.19. The number of hydrogen-bond acceptors (Lipinski definition) is 6. The summed E-state index contributed by atoms with van der Waals surface area (Å²) in [4.78, 5) is 0. The summed E-state index contributed by atoms with van der Waals surface area (Å²) in [6, 6.07) is 1.89. The molecular weight excluding hydrogens is 283 g/mol. The molecule has 0 unspecified atom stereocenters. The highest BCUT2D eigenvalue weighted by atomic mass is 32.2. The molecule has 0 saturated heterocycles. The predicted octanol–water partition coefficient (Wildman–Crippen LogP) is 0.887. The van der Waals surface area contributed by atoms with Gasteiger partial charge in [0.15, 0.2) is 0 Å². The quantitative estimate of drug-likeness (QED) is 0.466. The average molecular weight is 295 g/mol. The maximum atomic E-state index is 10.7. The van der Waals surface area contributed by atoms with Crippen molar-refractivity contribution in [3.8, 4) is 6.07 Å². The zero-order chi connectivity index (χ0) is 15.0. The third-order valence-electron chi connectivity index (χ3n) is 1.52. The third kappa shape index (κ3) is 6.72. The Balaban J connectivity index is 0. The minimum absolute atomic E-state index is 0.0521. The minimum atomic E-state index is -5.84. The largest absolute Gasteiger partial charge is 0.522 e. The number of alkyl halides is 3. The topological polar surface area (TPSA) is 106 Å². The summed E-state index contributed by atoms with van der Waals surface area (Å²) < 4.78 is 72.0. The molecule has 0 aliphatic rings. The number of methoxy groups -OCH3 is 3. The second kappa shape index (κ2) is 7.49. The van der Waals surface area contributed by atoms with Gasteiger partial charge in [-0.3, -0.25) is 4.55 Å². The molecule has 0 radical (unpaired) electrons. The van der Waals surface area contributed by atoms with Crippen molar-refractivity contribution < 1.29 is 40.4 Å². The normalized spacial score (nSPS) is 12.3. The van der Waals surface area contributed by atoms with E-state index in [0.717, 1.165) is 0 Å². The van der Waals surface area contributed by atoms with Crippen LogP contribution in [0.3, 0.4) is 0 Å². The van der Waals surface area contributed by atoms with E-state index in [1.807, 2.05) is 6.07 Å². The van der Waals surface area contributed by atoms with Gasteiger partial charge in [-0.05, 0) is 0 Å². The van der Waals surface area contributed by atoms with Gasteiger partial charge in [0.05, 0.1) is 6.07 Å². The van der Waals surface area contributed by atoms with E-state index in [4.69, 9.17) is 32.4 Å². The molecule has 0 fully saturated rings. The summed E-state index contributed by atoms with van der Waals surface area (Å²) in [7, 11) is -1.58. The van der Waals surface area contributed by atoms with Crippen LogP contribution in [0.1, 0.15) is 6.42 Å². The predicted molar refractivity (Wildman–Crippen MR) is 51.6 cm³/mol. The molecule has 0 bridgehead atoms. The van der Waals surface area contributed by atoms with E-state index in [1.165, 1.54) is 21.3 Å². The van der Waals surface area contributed by atoms with E-state index in [9.17, 15) is 13.2 Å². The molecule has 0 aromatic heterocycles. The fourth-order valence-corrected chi connectivity index (χ4v) is 0.563. The van der Waals surface area contributed by atoms with Crippen molar-refractivity contribution in [2.24, 2.45) is 0 Å². The number of hydrogen-bond donors (Lipinski definition) is 1. The van der Waals surface area contributed by atoms with Crippen molar-refractivity contribution in [3.63, 3.8) is 0 Å². The molecule has 0 saturated carbocycles. The summed E-state index contributed by atoms with van der Waals surface area (Å²) in [6.45, 7) is 0. The lowest BCUT2D eigenvalue weighted by atomic mass is 10.4. The molecule has 0 aliphatic carbocycles. The van der Waals surface area contributed by atoms with Crippen LogP contribution in [-0.4, -0.2) is 45.8 Å². The molecule has 0 aromatic carbocycles. The van der Waals surface area contributed by atoms with E-state index in [0.29, 0.717) is 0 Å². The zero-order valence-electron chi connectivity index (χ0n) is 9.68. The van der Waals surface area contributed by atoms with Crippen LogP contribution in [0, 0.1) is 11.3 Å². The Morgan fingerprint density at radius 3 is 1.50 bits per heavy atom. The summed E-state index contributed by atoms with van der Waals surface area (Å²) in [5, 5.41) is 8.31. The van der Waals surface area contributed by atoms with Crippen LogP contribution in [0.4, 0.5) is 13.2 Å². The van der Waals surface area contributed by atoms with Crippen LogP contribution in [0.15, 0.2) is 0 Å². The van der Waals surface area contributed by atoms with E-state index < -0.39 is 21.6 Å². The highest BCUT2D eigenvalue weighted by molar-refractivity contribution is 7.86. The Labute approximate surface area is 102 Å². The minimum Gasteiger partial charge on any atom is -0.330 e. The molecule has 0 amide bonds. The first-order valence-corrected chi connectivity index (χ1v) is 5.49. The molecule has 0 aromatic rings. The smallest absolute Gasteiger partial charge is 0.330 e. The number of nitriles is 1. The molecule has 0 rings (SSSR count). The number of rotatable bonds is 4. The molecule has 0 spiro atoms. The lowest BCUT2D eigenvalue weighted by Crippen LogP contribution is -2.35. The number of ether oxygens (including phenoxy) is 3. The second-order valence-corrected chi connectivity index (χ2v) is 3.96. The number of nitrogens with zero attached hydrogens (tertiary/aromatic N) is 1. The Bertz CT molecular complexity index is 361. The van der Waals surface area contributed by atoms with Crippen LogP contribution in [0.25, 0.3) is 0 Å². The van der Waals surface area contributed by atoms with Crippen molar-refractivity contribution in [1.29, 1.82) is 5.26 Å². The molecular formula is C7H12F3NO6S. The van der Waals surface area contributed by atoms with E-state index in [2.05, 4.69) is 0 Å².